The van der Waals surface area contributed by atoms with Crippen LogP contribution < -0.4 is 15.1 Å². The Morgan fingerprint density at radius 2 is 2.15 bits per heavy atom. The second-order valence-electron chi connectivity index (χ2n) is 6.36. The molecule has 0 spiro atoms. The van der Waals surface area contributed by atoms with Gasteiger partial charge in [0.1, 0.15) is 11.9 Å². The Balaban J connectivity index is 1.69. The smallest absolute Gasteiger partial charge is 0.414 e. The summed E-state index contributed by atoms with van der Waals surface area (Å²) in [5, 5.41) is 4.35. The SMILES string of the molecule is CC(=O)NCC1CN(c2ccc(N3CCON(C)CC3)c(F)c2)C(=O)O1. The normalized spacial score (nSPS) is 21.5. The third kappa shape index (κ3) is 4.23. The molecule has 0 radical (unpaired) electrons. The highest BCUT2D eigenvalue weighted by molar-refractivity contribution is 5.90. The molecule has 2 fully saturated rings. The molecule has 26 heavy (non-hydrogen) atoms. The number of cyclic esters (lactones) is 1. The van der Waals surface area contributed by atoms with Gasteiger partial charge in [0.15, 0.2) is 0 Å². The van der Waals surface area contributed by atoms with Crippen molar-refractivity contribution in [3.05, 3.63) is 24.0 Å². The van der Waals surface area contributed by atoms with E-state index in [2.05, 4.69) is 5.32 Å². The summed E-state index contributed by atoms with van der Waals surface area (Å²) in [4.78, 5) is 31.8. The van der Waals surface area contributed by atoms with Crippen molar-refractivity contribution in [2.45, 2.75) is 13.0 Å². The molecule has 2 aliphatic rings. The Bertz CT molecular complexity index is 687. The number of hydroxylamine groups is 2. The quantitative estimate of drug-likeness (QED) is 0.856. The van der Waals surface area contributed by atoms with Crippen LogP contribution in [0.5, 0.6) is 0 Å². The first-order chi connectivity index (χ1) is 12.4. The molecule has 2 amide bonds. The van der Waals surface area contributed by atoms with Crippen molar-refractivity contribution >= 4 is 23.4 Å². The number of halogens is 1. The third-order valence-corrected chi connectivity index (χ3v) is 4.39. The molecule has 0 aliphatic carbocycles. The van der Waals surface area contributed by atoms with Crippen molar-refractivity contribution in [1.29, 1.82) is 0 Å². The van der Waals surface area contributed by atoms with Crippen molar-refractivity contribution in [3.8, 4) is 0 Å². The largest absolute Gasteiger partial charge is 0.442 e. The van der Waals surface area contributed by atoms with E-state index >= 15 is 0 Å². The average Bonchev–Trinajstić information content (AvgIpc) is 2.83. The van der Waals surface area contributed by atoms with Gasteiger partial charge in [0.05, 0.1) is 31.1 Å². The molecule has 9 heteroatoms. The highest BCUT2D eigenvalue weighted by Gasteiger charge is 2.33. The summed E-state index contributed by atoms with van der Waals surface area (Å²) in [6, 6.07) is 4.72. The van der Waals surface area contributed by atoms with Crippen molar-refractivity contribution in [2.24, 2.45) is 0 Å². The lowest BCUT2D eigenvalue weighted by Crippen LogP contribution is -2.33. The summed E-state index contributed by atoms with van der Waals surface area (Å²) in [5.74, 6) is -0.591. The molecule has 2 heterocycles. The number of amides is 2. The number of nitrogens with one attached hydrogen (secondary N) is 1. The number of rotatable bonds is 4. The minimum absolute atomic E-state index is 0.193. The minimum Gasteiger partial charge on any atom is -0.442 e. The third-order valence-electron chi connectivity index (χ3n) is 4.39. The molecule has 8 nitrogen and oxygen atoms in total. The summed E-state index contributed by atoms with van der Waals surface area (Å²) in [6.45, 7) is 4.29. The topological polar surface area (TPSA) is 74.4 Å². The van der Waals surface area contributed by atoms with Crippen LogP contribution in [0.25, 0.3) is 0 Å². The Hall–Kier alpha value is -2.39. The molecule has 0 bridgehead atoms. The van der Waals surface area contributed by atoms with Crippen LogP contribution in [0.15, 0.2) is 18.2 Å². The van der Waals surface area contributed by atoms with Gasteiger partial charge in [0.2, 0.25) is 5.91 Å². The lowest BCUT2D eigenvalue weighted by atomic mass is 10.2. The fourth-order valence-electron chi connectivity index (χ4n) is 3.00. The van der Waals surface area contributed by atoms with Crippen molar-refractivity contribution < 1.29 is 23.6 Å². The Kier molecular flexibility index (Phi) is 5.58. The second-order valence-corrected chi connectivity index (χ2v) is 6.36. The van der Waals surface area contributed by atoms with Crippen LogP contribution in [0.2, 0.25) is 0 Å². The maximum Gasteiger partial charge on any atom is 0.414 e. The lowest BCUT2D eigenvalue weighted by Gasteiger charge is -2.23. The van der Waals surface area contributed by atoms with E-state index in [1.807, 2.05) is 11.9 Å². The predicted octanol–water partition coefficient (Wildman–Crippen LogP) is 0.970. The zero-order chi connectivity index (χ0) is 18.7. The van der Waals surface area contributed by atoms with E-state index in [0.29, 0.717) is 37.6 Å². The number of nitrogens with zero attached hydrogens (tertiary/aromatic N) is 3. The lowest BCUT2D eigenvalue weighted by molar-refractivity contribution is -0.126. The number of carbonyl (C=O) groups excluding carboxylic acids is 2. The molecule has 1 aromatic carbocycles. The number of hydrogen-bond donors (Lipinski definition) is 1. The number of likely N-dealkylation sites (N-methyl/N-ethyl adjacent to an activating group) is 1. The number of benzene rings is 1. The first-order valence-corrected chi connectivity index (χ1v) is 8.55. The molecule has 1 unspecified atom stereocenters. The zero-order valence-electron chi connectivity index (χ0n) is 14.9. The second kappa shape index (κ2) is 7.88. The summed E-state index contributed by atoms with van der Waals surface area (Å²) in [6.07, 6.45) is -0.996. The van der Waals surface area contributed by atoms with E-state index in [1.54, 1.807) is 17.2 Å². The highest BCUT2D eigenvalue weighted by Crippen LogP contribution is 2.28. The number of anilines is 2. The molecular formula is C17H23FN4O4. The molecule has 0 aromatic heterocycles. The molecule has 3 rings (SSSR count). The van der Waals surface area contributed by atoms with Gasteiger partial charge in [0, 0.05) is 33.6 Å². The van der Waals surface area contributed by atoms with Gasteiger partial charge in [0.25, 0.3) is 0 Å². The number of carbonyl (C=O) groups is 2. The molecule has 142 valence electrons. The highest BCUT2D eigenvalue weighted by atomic mass is 19.1. The van der Waals surface area contributed by atoms with Crippen LogP contribution in [0, 0.1) is 5.82 Å². The maximum absolute atomic E-state index is 14.7. The standard InChI is InChI=1S/C17H23FN4O4/c1-12(23)19-10-14-11-22(17(24)26-14)13-3-4-16(15(18)9-13)21-6-5-20(2)25-8-7-21/h3-4,9,14H,5-8,10-11H2,1-2H3,(H,19,23). The molecule has 1 N–H and O–H groups in total. The van der Waals surface area contributed by atoms with Crippen LogP contribution >= 0.6 is 0 Å². The van der Waals surface area contributed by atoms with Gasteiger partial charge >= 0.3 is 6.09 Å². The summed E-state index contributed by atoms with van der Waals surface area (Å²) < 4.78 is 19.9. The molecular weight excluding hydrogens is 343 g/mol. The maximum atomic E-state index is 14.7. The Labute approximate surface area is 151 Å². The minimum atomic E-state index is -0.544. The first kappa shape index (κ1) is 18.4. The summed E-state index contributed by atoms with van der Waals surface area (Å²) in [7, 11) is 1.85. The zero-order valence-corrected chi connectivity index (χ0v) is 14.9. The van der Waals surface area contributed by atoms with Crippen LogP contribution in [0.4, 0.5) is 20.6 Å². The summed E-state index contributed by atoms with van der Waals surface area (Å²) >= 11 is 0. The molecule has 1 aromatic rings. The van der Waals surface area contributed by atoms with E-state index in [1.165, 1.54) is 17.9 Å². The van der Waals surface area contributed by atoms with Gasteiger partial charge in [-0.3, -0.25) is 14.5 Å². The number of ether oxygens (including phenoxy) is 1. The fraction of sp³-hybridized carbons (Fsp3) is 0.529. The van der Waals surface area contributed by atoms with Crippen molar-refractivity contribution in [1.82, 2.24) is 10.4 Å². The van der Waals surface area contributed by atoms with Crippen LogP contribution in [0.1, 0.15) is 6.92 Å². The molecule has 1 atom stereocenters. The van der Waals surface area contributed by atoms with Gasteiger partial charge in [-0.15, -0.1) is 0 Å². The Morgan fingerprint density at radius 1 is 1.35 bits per heavy atom. The van der Waals surface area contributed by atoms with Crippen LogP contribution in [-0.4, -0.2) is 69.5 Å². The number of hydrogen-bond acceptors (Lipinski definition) is 6. The van der Waals surface area contributed by atoms with Crippen LogP contribution in [0.3, 0.4) is 0 Å². The average molecular weight is 366 g/mol. The summed E-state index contributed by atoms with van der Waals surface area (Å²) in [5.41, 5.74) is 0.916. The van der Waals surface area contributed by atoms with E-state index in [4.69, 9.17) is 9.57 Å². The van der Waals surface area contributed by atoms with E-state index < -0.39 is 18.0 Å². The fourth-order valence-corrected chi connectivity index (χ4v) is 3.00. The first-order valence-electron chi connectivity index (χ1n) is 8.55. The van der Waals surface area contributed by atoms with Crippen molar-refractivity contribution in [2.75, 3.05) is 56.2 Å². The van der Waals surface area contributed by atoms with E-state index in [9.17, 15) is 14.0 Å². The van der Waals surface area contributed by atoms with Gasteiger partial charge in [-0.25, -0.2) is 9.18 Å². The van der Waals surface area contributed by atoms with Crippen molar-refractivity contribution in [3.63, 3.8) is 0 Å². The van der Waals surface area contributed by atoms with Gasteiger partial charge in [-0.05, 0) is 18.2 Å². The predicted molar refractivity (Wildman–Crippen MR) is 93.5 cm³/mol. The van der Waals surface area contributed by atoms with Gasteiger partial charge in [-0.1, -0.05) is 0 Å². The molecule has 2 aliphatic heterocycles. The molecule has 2 saturated heterocycles. The van der Waals surface area contributed by atoms with E-state index in [0.717, 1.165) is 0 Å². The molecule has 0 saturated carbocycles. The van der Waals surface area contributed by atoms with Gasteiger partial charge < -0.3 is 15.0 Å². The van der Waals surface area contributed by atoms with Crippen LogP contribution in [-0.2, 0) is 14.4 Å². The van der Waals surface area contributed by atoms with Gasteiger partial charge in [-0.2, -0.15) is 5.06 Å². The Morgan fingerprint density at radius 3 is 2.88 bits per heavy atom. The monoisotopic (exact) mass is 366 g/mol. The van der Waals surface area contributed by atoms with E-state index in [-0.39, 0.29) is 19.0 Å².